The van der Waals surface area contributed by atoms with Crippen molar-refractivity contribution in [3.63, 3.8) is 0 Å². The zero-order chi connectivity index (χ0) is 24.1. The Labute approximate surface area is 206 Å². The number of methoxy groups -OCH3 is 3. The fraction of sp³-hybridized carbons (Fsp3) is 0.192. The second kappa shape index (κ2) is 10.5. The maximum absolute atomic E-state index is 13.1. The van der Waals surface area contributed by atoms with Crippen molar-refractivity contribution in [1.82, 2.24) is 10.3 Å². The van der Waals surface area contributed by atoms with Gasteiger partial charge in [-0.2, -0.15) is 0 Å². The fourth-order valence-corrected chi connectivity index (χ4v) is 4.23. The van der Waals surface area contributed by atoms with Crippen LogP contribution in [0.25, 0.3) is 10.9 Å². The highest BCUT2D eigenvalue weighted by Gasteiger charge is 2.16. The first-order chi connectivity index (χ1) is 16.5. The smallest absolute Gasteiger partial charge is 0.253 e. The summed E-state index contributed by atoms with van der Waals surface area (Å²) in [5.74, 6) is 1.37. The molecular weight excluding hydrogens is 498 g/mol. The summed E-state index contributed by atoms with van der Waals surface area (Å²) < 4.78 is 17.1. The molecule has 0 atom stereocenters. The van der Waals surface area contributed by atoms with Crippen LogP contribution in [0.3, 0.4) is 0 Å². The van der Waals surface area contributed by atoms with E-state index in [4.69, 9.17) is 14.2 Å². The van der Waals surface area contributed by atoms with Crippen molar-refractivity contribution in [3.05, 3.63) is 76.4 Å². The number of para-hydroxylation sites is 1. The van der Waals surface area contributed by atoms with Crippen LogP contribution in [0.1, 0.15) is 15.9 Å². The van der Waals surface area contributed by atoms with Crippen LogP contribution >= 0.6 is 15.9 Å². The molecule has 1 aromatic heterocycles. The molecule has 0 aliphatic heterocycles. The van der Waals surface area contributed by atoms with Crippen molar-refractivity contribution in [1.29, 1.82) is 0 Å². The van der Waals surface area contributed by atoms with Crippen LogP contribution in [0.2, 0.25) is 0 Å². The van der Waals surface area contributed by atoms with Crippen LogP contribution in [0.4, 0.5) is 11.4 Å². The SMILES string of the molecule is COc1cc(Nc2cc(Br)ccc2C(=O)NCCc2c[nH]c3ccccc23)cc(OC)c1OC. The summed E-state index contributed by atoms with van der Waals surface area (Å²) in [5.41, 5.74) is 4.13. The van der Waals surface area contributed by atoms with Crippen molar-refractivity contribution in [2.75, 3.05) is 33.2 Å². The first-order valence-corrected chi connectivity index (χ1v) is 11.5. The van der Waals surface area contributed by atoms with Crippen LogP contribution < -0.4 is 24.8 Å². The normalized spacial score (nSPS) is 10.7. The number of ether oxygens (including phenoxy) is 3. The molecule has 0 unspecified atom stereocenters. The number of benzene rings is 3. The molecule has 0 fully saturated rings. The van der Waals surface area contributed by atoms with E-state index in [-0.39, 0.29) is 5.91 Å². The molecule has 0 saturated heterocycles. The summed E-state index contributed by atoms with van der Waals surface area (Å²) in [4.78, 5) is 16.3. The highest BCUT2D eigenvalue weighted by atomic mass is 79.9. The number of amides is 1. The predicted octanol–water partition coefficient (Wildman–Crippen LogP) is 5.67. The van der Waals surface area contributed by atoms with E-state index in [2.05, 4.69) is 37.6 Å². The third-order valence-electron chi connectivity index (χ3n) is 5.52. The minimum Gasteiger partial charge on any atom is -0.493 e. The van der Waals surface area contributed by atoms with E-state index >= 15 is 0 Å². The van der Waals surface area contributed by atoms with E-state index in [0.717, 1.165) is 16.4 Å². The van der Waals surface area contributed by atoms with Crippen LogP contribution in [0.5, 0.6) is 17.2 Å². The van der Waals surface area contributed by atoms with Crippen molar-refractivity contribution < 1.29 is 19.0 Å². The quantitative estimate of drug-likeness (QED) is 0.263. The van der Waals surface area contributed by atoms with Gasteiger partial charge in [-0.05, 0) is 36.2 Å². The van der Waals surface area contributed by atoms with Gasteiger partial charge in [0, 0.05) is 45.9 Å². The summed E-state index contributed by atoms with van der Waals surface area (Å²) in [6, 6.07) is 17.2. The number of aromatic amines is 1. The summed E-state index contributed by atoms with van der Waals surface area (Å²) in [6.45, 7) is 0.514. The van der Waals surface area contributed by atoms with Gasteiger partial charge in [-0.3, -0.25) is 4.79 Å². The maximum Gasteiger partial charge on any atom is 0.253 e. The molecule has 4 aromatic rings. The van der Waals surface area contributed by atoms with Gasteiger partial charge in [0.25, 0.3) is 5.91 Å². The van der Waals surface area contributed by atoms with Gasteiger partial charge in [-0.25, -0.2) is 0 Å². The molecule has 0 bridgehead atoms. The number of nitrogens with one attached hydrogen (secondary N) is 3. The van der Waals surface area contributed by atoms with Gasteiger partial charge in [0.05, 0.1) is 32.6 Å². The van der Waals surface area contributed by atoms with E-state index in [1.54, 1.807) is 39.5 Å². The van der Waals surface area contributed by atoms with Crippen molar-refractivity contribution in [2.45, 2.75) is 6.42 Å². The molecule has 3 N–H and O–H groups in total. The number of carbonyl (C=O) groups excluding carboxylic acids is 1. The molecule has 1 amide bonds. The number of aromatic nitrogens is 1. The fourth-order valence-electron chi connectivity index (χ4n) is 3.87. The number of carbonyl (C=O) groups is 1. The van der Waals surface area contributed by atoms with E-state index in [9.17, 15) is 4.79 Å². The van der Waals surface area contributed by atoms with E-state index < -0.39 is 0 Å². The molecule has 0 spiro atoms. The van der Waals surface area contributed by atoms with Gasteiger partial charge in [0.2, 0.25) is 5.75 Å². The van der Waals surface area contributed by atoms with Gasteiger partial charge >= 0.3 is 0 Å². The van der Waals surface area contributed by atoms with E-state index in [1.165, 1.54) is 10.9 Å². The molecular formula is C26H26BrN3O4. The van der Waals surface area contributed by atoms with E-state index in [0.29, 0.717) is 40.7 Å². The zero-order valence-corrected chi connectivity index (χ0v) is 20.8. The van der Waals surface area contributed by atoms with Gasteiger partial charge in [-0.15, -0.1) is 0 Å². The lowest BCUT2D eigenvalue weighted by Crippen LogP contribution is -2.26. The number of hydrogen-bond acceptors (Lipinski definition) is 5. The van der Waals surface area contributed by atoms with Gasteiger partial charge in [-0.1, -0.05) is 34.1 Å². The van der Waals surface area contributed by atoms with Crippen LogP contribution in [-0.4, -0.2) is 38.8 Å². The molecule has 3 aromatic carbocycles. The number of H-pyrrole nitrogens is 1. The largest absolute Gasteiger partial charge is 0.493 e. The molecule has 0 radical (unpaired) electrons. The monoisotopic (exact) mass is 523 g/mol. The Morgan fingerprint density at radius 2 is 1.71 bits per heavy atom. The molecule has 4 rings (SSSR count). The van der Waals surface area contributed by atoms with Crippen LogP contribution in [0, 0.1) is 0 Å². The predicted molar refractivity (Wildman–Crippen MR) is 138 cm³/mol. The number of anilines is 2. The Morgan fingerprint density at radius 3 is 2.41 bits per heavy atom. The Morgan fingerprint density at radius 1 is 0.971 bits per heavy atom. The molecule has 0 saturated carbocycles. The lowest BCUT2D eigenvalue weighted by atomic mass is 10.1. The molecule has 8 heteroatoms. The Bertz CT molecular complexity index is 1290. The number of halogens is 1. The Kier molecular flexibility index (Phi) is 7.27. The third kappa shape index (κ3) is 4.97. The average Bonchev–Trinajstić information content (AvgIpc) is 3.26. The standard InChI is InChI=1S/C26H26BrN3O4/c1-32-23-13-18(14-24(33-2)25(23)34-3)30-22-12-17(27)8-9-20(22)26(31)28-11-10-16-15-29-21-7-5-4-6-19(16)21/h4-9,12-15,29-30H,10-11H2,1-3H3,(H,28,31). The summed E-state index contributed by atoms with van der Waals surface area (Å²) in [5, 5.41) is 7.52. The van der Waals surface area contributed by atoms with Crippen LogP contribution in [0.15, 0.2) is 65.3 Å². The molecule has 0 aliphatic carbocycles. The Balaban J connectivity index is 1.52. The minimum absolute atomic E-state index is 0.165. The molecule has 7 nitrogen and oxygen atoms in total. The lowest BCUT2D eigenvalue weighted by molar-refractivity contribution is 0.0955. The average molecular weight is 524 g/mol. The lowest BCUT2D eigenvalue weighted by Gasteiger charge is -2.17. The summed E-state index contributed by atoms with van der Waals surface area (Å²) in [6.07, 6.45) is 2.72. The second-order valence-corrected chi connectivity index (χ2v) is 8.51. The zero-order valence-electron chi connectivity index (χ0n) is 19.2. The van der Waals surface area contributed by atoms with Gasteiger partial charge < -0.3 is 29.8 Å². The van der Waals surface area contributed by atoms with E-state index in [1.807, 2.05) is 36.5 Å². The highest BCUT2D eigenvalue weighted by Crippen LogP contribution is 2.41. The topological polar surface area (TPSA) is 84.6 Å². The van der Waals surface area contributed by atoms with Gasteiger partial charge in [0.15, 0.2) is 11.5 Å². The van der Waals surface area contributed by atoms with Crippen LogP contribution in [-0.2, 0) is 6.42 Å². The summed E-state index contributed by atoms with van der Waals surface area (Å²) >= 11 is 3.50. The molecule has 0 aliphatic rings. The number of hydrogen-bond donors (Lipinski definition) is 3. The first kappa shape index (κ1) is 23.5. The van der Waals surface area contributed by atoms with Crippen molar-refractivity contribution in [3.8, 4) is 17.2 Å². The minimum atomic E-state index is -0.165. The van der Waals surface area contributed by atoms with Crippen molar-refractivity contribution >= 4 is 44.1 Å². The Hall–Kier alpha value is -3.65. The molecule has 34 heavy (non-hydrogen) atoms. The summed E-state index contributed by atoms with van der Waals surface area (Å²) in [7, 11) is 4.68. The molecule has 1 heterocycles. The third-order valence-corrected chi connectivity index (χ3v) is 6.02. The highest BCUT2D eigenvalue weighted by molar-refractivity contribution is 9.10. The molecule has 176 valence electrons. The first-order valence-electron chi connectivity index (χ1n) is 10.7. The van der Waals surface area contributed by atoms with Gasteiger partial charge in [0.1, 0.15) is 0 Å². The number of rotatable bonds is 9. The maximum atomic E-state index is 13.1. The second-order valence-electron chi connectivity index (χ2n) is 7.59. The van der Waals surface area contributed by atoms with Crippen molar-refractivity contribution in [2.24, 2.45) is 0 Å². The number of fused-ring (bicyclic) bond motifs is 1.